The minimum absolute atomic E-state index is 0.630. The van der Waals surface area contributed by atoms with Crippen LogP contribution in [0.15, 0.2) is 0 Å². The fraction of sp³-hybridized carbons (Fsp3) is 1.00. The van der Waals surface area contributed by atoms with Crippen LogP contribution in [0.3, 0.4) is 0 Å². The van der Waals surface area contributed by atoms with E-state index in [0.717, 1.165) is 36.0 Å². The van der Waals surface area contributed by atoms with Crippen molar-refractivity contribution in [2.75, 3.05) is 26.7 Å². The maximum absolute atomic E-state index is 5.94. The molecule has 0 aliphatic rings. The Morgan fingerprint density at radius 3 is 2.59 bits per heavy atom. The molecule has 5 nitrogen and oxygen atoms in total. The van der Waals surface area contributed by atoms with Gasteiger partial charge in [-0.15, -0.1) is 0 Å². The van der Waals surface area contributed by atoms with E-state index in [9.17, 15) is 0 Å². The van der Waals surface area contributed by atoms with E-state index in [0.29, 0.717) is 6.54 Å². The van der Waals surface area contributed by atoms with Crippen molar-refractivity contribution >= 4 is 36.9 Å². The van der Waals surface area contributed by atoms with E-state index < -0.39 is 26.4 Å². The molecule has 0 spiro atoms. The highest BCUT2D eigenvalue weighted by Gasteiger charge is 2.35. The lowest BCUT2D eigenvalue weighted by molar-refractivity contribution is 0.323. The maximum Gasteiger partial charge on any atom is 0.329 e. The van der Waals surface area contributed by atoms with Gasteiger partial charge in [0.2, 0.25) is 0 Å². The van der Waals surface area contributed by atoms with Crippen LogP contribution in [0.25, 0.3) is 0 Å². The predicted octanol–water partition coefficient (Wildman–Crippen LogP) is -2.11. The lowest BCUT2D eigenvalue weighted by Crippen LogP contribution is -2.50. The zero-order valence-electron chi connectivity index (χ0n) is 11.6. The van der Waals surface area contributed by atoms with Gasteiger partial charge in [0.05, 0.1) is 0 Å². The molecule has 1 atom stereocenters. The summed E-state index contributed by atoms with van der Waals surface area (Å²) in [6.45, 7) is 6.99. The van der Waals surface area contributed by atoms with Crippen LogP contribution in [0.4, 0.5) is 0 Å². The van der Waals surface area contributed by atoms with Gasteiger partial charge in [-0.25, -0.2) is 0 Å². The van der Waals surface area contributed by atoms with Crippen molar-refractivity contribution in [3.8, 4) is 0 Å². The fourth-order valence-corrected chi connectivity index (χ4v) is 14.8. The number of hydrogen-bond acceptors (Lipinski definition) is 5. The molecular weight excluding hydrogens is 284 g/mol. The topological polar surface area (TPSA) is 65.7 Å². The van der Waals surface area contributed by atoms with Gasteiger partial charge in [-0.1, -0.05) is 0 Å². The Morgan fingerprint density at radius 1 is 1.41 bits per heavy atom. The number of nitrogens with one attached hydrogen (secondary N) is 1. The Morgan fingerprint density at radius 2 is 2.12 bits per heavy atom. The summed E-state index contributed by atoms with van der Waals surface area (Å²) in [5, 5.41) is 3.30. The molecule has 0 saturated heterocycles. The van der Waals surface area contributed by atoms with Crippen LogP contribution < -0.4 is 11.1 Å². The highest BCUT2D eigenvalue weighted by atomic mass is 29.2. The van der Waals surface area contributed by atoms with Gasteiger partial charge in [-0.2, -0.15) is 0 Å². The Hall–Kier alpha value is 0.668. The van der Waals surface area contributed by atoms with E-state index in [4.69, 9.17) is 18.4 Å². The predicted molar refractivity (Wildman–Crippen MR) is 83.6 cm³/mol. The molecule has 0 aromatic rings. The van der Waals surface area contributed by atoms with E-state index in [1.807, 2.05) is 0 Å². The molecule has 0 radical (unpaired) electrons. The van der Waals surface area contributed by atoms with Gasteiger partial charge < -0.3 is 23.7 Å². The number of nitrogens with two attached hydrogens (primary N) is 1. The van der Waals surface area contributed by atoms with Crippen LogP contribution in [0.2, 0.25) is 19.1 Å². The molecular formula is C8H28N2O3Si4. The lowest BCUT2D eigenvalue weighted by Gasteiger charge is -2.28. The first-order chi connectivity index (χ1) is 8.10. The van der Waals surface area contributed by atoms with Gasteiger partial charge in [0.1, 0.15) is 10.5 Å². The molecule has 1 unspecified atom stereocenters. The fourth-order valence-electron chi connectivity index (χ4n) is 1.48. The molecule has 0 fully saturated rings. The molecule has 0 bridgehead atoms. The van der Waals surface area contributed by atoms with Gasteiger partial charge in [0.25, 0.3) is 0 Å². The Labute approximate surface area is 113 Å². The van der Waals surface area contributed by atoms with E-state index in [-0.39, 0.29) is 0 Å². The van der Waals surface area contributed by atoms with Crippen LogP contribution in [0, 0.1) is 0 Å². The van der Waals surface area contributed by atoms with E-state index in [2.05, 4.69) is 18.4 Å². The molecule has 0 aliphatic heterocycles. The van der Waals surface area contributed by atoms with Crippen molar-refractivity contribution in [3.63, 3.8) is 0 Å². The molecule has 0 heterocycles. The van der Waals surface area contributed by atoms with Gasteiger partial charge in [-0.05, 0) is 32.1 Å². The maximum atomic E-state index is 5.94. The molecule has 17 heavy (non-hydrogen) atoms. The molecule has 9 heteroatoms. The molecule has 104 valence electrons. The molecule has 0 aromatic carbocycles. The van der Waals surface area contributed by atoms with Crippen LogP contribution in [-0.2, 0) is 12.7 Å². The lowest BCUT2D eigenvalue weighted by atomic mass is 10.5. The SMILES string of the molecule is CO[Si](CCCNCCN)(O[SiH3])[SiH2]O[SiH](C)C. The minimum atomic E-state index is -1.92. The highest BCUT2D eigenvalue weighted by molar-refractivity contribution is 7.17. The van der Waals surface area contributed by atoms with Crippen LogP contribution in [-0.4, -0.2) is 63.6 Å². The first kappa shape index (κ1) is 17.7. The average Bonchev–Trinajstić information content (AvgIpc) is 2.33. The molecule has 0 aromatic heterocycles. The van der Waals surface area contributed by atoms with Crippen molar-refractivity contribution in [1.29, 1.82) is 0 Å². The molecule has 0 aliphatic carbocycles. The van der Waals surface area contributed by atoms with E-state index >= 15 is 0 Å². The van der Waals surface area contributed by atoms with Gasteiger partial charge in [-0.3, -0.25) is 0 Å². The third kappa shape index (κ3) is 8.39. The summed E-state index contributed by atoms with van der Waals surface area (Å²) >= 11 is 0. The summed E-state index contributed by atoms with van der Waals surface area (Å²) in [6.07, 6.45) is 1.10. The quantitative estimate of drug-likeness (QED) is 0.338. The average molecular weight is 313 g/mol. The van der Waals surface area contributed by atoms with Crippen molar-refractivity contribution in [1.82, 2.24) is 5.32 Å². The normalized spacial score (nSPS) is 16.1. The summed E-state index contributed by atoms with van der Waals surface area (Å²) in [5.41, 5.74) is 5.42. The smallest absolute Gasteiger partial charge is 0.329 e. The minimum Gasteiger partial charge on any atom is -0.461 e. The van der Waals surface area contributed by atoms with Crippen molar-refractivity contribution < 1.29 is 12.7 Å². The second kappa shape index (κ2) is 10.6. The van der Waals surface area contributed by atoms with Crippen LogP contribution in [0.1, 0.15) is 6.42 Å². The first-order valence-corrected chi connectivity index (χ1v) is 14.8. The van der Waals surface area contributed by atoms with Crippen LogP contribution >= 0.6 is 0 Å². The monoisotopic (exact) mass is 312 g/mol. The van der Waals surface area contributed by atoms with Gasteiger partial charge >= 0.3 is 8.08 Å². The van der Waals surface area contributed by atoms with Crippen molar-refractivity contribution in [2.24, 2.45) is 5.73 Å². The first-order valence-electron chi connectivity index (χ1n) is 6.23. The summed E-state index contributed by atoms with van der Waals surface area (Å²) in [6, 6.07) is 1.05. The number of hydrogen-bond donors (Lipinski definition) is 2. The molecule has 0 saturated carbocycles. The highest BCUT2D eigenvalue weighted by Crippen LogP contribution is 2.13. The summed E-state index contributed by atoms with van der Waals surface area (Å²) in [5.74, 6) is 0. The largest absolute Gasteiger partial charge is 0.461 e. The van der Waals surface area contributed by atoms with Gasteiger partial charge in [0, 0.05) is 20.2 Å². The zero-order chi connectivity index (χ0) is 13.1. The second-order valence-corrected chi connectivity index (χ2v) is 16.5. The van der Waals surface area contributed by atoms with E-state index in [1.54, 1.807) is 7.11 Å². The molecule has 0 rings (SSSR count). The number of rotatable bonds is 11. The summed E-state index contributed by atoms with van der Waals surface area (Å²) in [7, 11) is -0.946. The van der Waals surface area contributed by atoms with E-state index in [1.165, 1.54) is 0 Å². The summed E-state index contributed by atoms with van der Waals surface area (Å²) in [4.78, 5) is 0. The zero-order valence-corrected chi connectivity index (χ0v) is 17.2. The Bertz CT molecular complexity index is 184. The molecule has 0 amide bonds. The molecule has 3 N–H and O–H groups in total. The van der Waals surface area contributed by atoms with Crippen molar-refractivity contribution in [3.05, 3.63) is 0 Å². The third-order valence-electron chi connectivity index (χ3n) is 2.61. The standard InChI is InChI=1S/C8H28N2O3Si4/c1-11-17(12-14,15-13-16(2)3)8-4-6-10-7-5-9/h10,16H,4-9,15H2,1-3,14H3. The third-order valence-corrected chi connectivity index (χ3v) is 18.6. The Balaban J connectivity index is 3.93. The Kier molecular flexibility index (Phi) is 11.0. The van der Waals surface area contributed by atoms with Crippen molar-refractivity contribution in [2.45, 2.75) is 25.6 Å². The summed E-state index contributed by atoms with van der Waals surface area (Å²) < 4.78 is 17.4. The van der Waals surface area contributed by atoms with Crippen LogP contribution in [0.5, 0.6) is 0 Å². The van der Waals surface area contributed by atoms with Gasteiger partial charge in [0.15, 0.2) is 18.3 Å². The second-order valence-electron chi connectivity index (χ2n) is 4.32.